The molecule has 3 rings (SSSR count). The van der Waals surface area contributed by atoms with Gasteiger partial charge in [0.25, 0.3) is 5.91 Å². The molecule has 0 bridgehead atoms. The van der Waals surface area contributed by atoms with Crippen molar-refractivity contribution < 1.29 is 29.3 Å². The lowest BCUT2D eigenvalue weighted by atomic mass is 10.0. The van der Waals surface area contributed by atoms with Crippen molar-refractivity contribution >= 4 is 29.2 Å². The molecule has 3 aromatic carbocycles. The predicted octanol–water partition coefficient (Wildman–Crippen LogP) is 4.46. The van der Waals surface area contributed by atoms with E-state index in [2.05, 4.69) is 0 Å². The van der Waals surface area contributed by atoms with Gasteiger partial charge in [-0.05, 0) is 43.3 Å². The number of carbonyl (C=O) groups excluding carboxylic acids is 1. The molecular formula is C23H19NO6. The van der Waals surface area contributed by atoms with Crippen LogP contribution in [0.5, 0.6) is 5.75 Å². The second-order valence-corrected chi connectivity index (χ2v) is 6.24. The number of hydrogen-bond acceptors (Lipinski definition) is 4. The summed E-state index contributed by atoms with van der Waals surface area (Å²) in [6.45, 7) is 2.14. The largest absolute Gasteiger partial charge is 0.494 e. The van der Waals surface area contributed by atoms with Crippen LogP contribution < -0.4 is 9.64 Å². The Balaban J connectivity index is 2.26. The minimum atomic E-state index is -1.26. The maximum absolute atomic E-state index is 13.5. The Labute approximate surface area is 172 Å². The van der Waals surface area contributed by atoms with Crippen LogP contribution in [-0.2, 0) is 0 Å². The van der Waals surface area contributed by atoms with Gasteiger partial charge in [0.05, 0.1) is 29.0 Å². The summed E-state index contributed by atoms with van der Waals surface area (Å²) in [5.41, 5.74) is 0.0976. The van der Waals surface area contributed by atoms with Crippen molar-refractivity contribution in [1.29, 1.82) is 0 Å². The number of amides is 1. The van der Waals surface area contributed by atoms with Gasteiger partial charge in [-0.25, -0.2) is 9.59 Å². The van der Waals surface area contributed by atoms with Crippen molar-refractivity contribution in [3.8, 4) is 5.75 Å². The summed E-state index contributed by atoms with van der Waals surface area (Å²) in [5, 5.41) is 19.2. The summed E-state index contributed by atoms with van der Waals surface area (Å²) >= 11 is 0. The van der Waals surface area contributed by atoms with Crippen molar-refractivity contribution in [2.24, 2.45) is 0 Å². The summed E-state index contributed by atoms with van der Waals surface area (Å²) in [6.07, 6.45) is 0. The van der Waals surface area contributed by atoms with Crippen LogP contribution in [-0.4, -0.2) is 34.7 Å². The molecule has 0 fully saturated rings. The van der Waals surface area contributed by atoms with Gasteiger partial charge in [0.15, 0.2) is 0 Å². The second kappa shape index (κ2) is 8.91. The minimum absolute atomic E-state index is 0.0630. The van der Waals surface area contributed by atoms with Gasteiger partial charge in [0.1, 0.15) is 5.75 Å². The Kier molecular flexibility index (Phi) is 6.12. The molecule has 0 atom stereocenters. The SMILES string of the molecule is CCOc1ccc(C(=O)O)c(N(C(=O)c2ccccc2C(=O)O)c2ccccc2)c1. The third kappa shape index (κ3) is 4.15. The van der Waals surface area contributed by atoms with E-state index in [1.807, 2.05) is 0 Å². The van der Waals surface area contributed by atoms with E-state index >= 15 is 0 Å². The van der Waals surface area contributed by atoms with Crippen molar-refractivity contribution in [3.05, 3.63) is 89.5 Å². The van der Waals surface area contributed by atoms with Crippen molar-refractivity contribution in [2.45, 2.75) is 6.92 Å². The molecule has 3 aromatic rings. The van der Waals surface area contributed by atoms with Crippen LogP contribution >= 0.6 is 0 Å². The Bertz CT molecular complexity index is 1090. The first-order valence-electron chi connectivity index (χ1n) is 9.16. The molecule has 0 aliphatic rings. The van der Waals surface area contributed by atoms with E-state index in [9.17, 15) is 24.6 Å². The molecule has 0 saturated heterocycles. The standard InChI is InChI=1S/C23H19NO6/c1-2-30-16-12-13-19(23(28)29)20(14-16)24(15-8-4-3-5-9-15)21(25)17-10-6-7-11-18(17)22(26)27/h3-14H,2H2,1H3,(H,26,27)(H,28,29). The van der Waals surface area contributed by atoms with Crippen LogP contribution in [0, 0.1) is 0 Å². The van der Waals surface area contributed by atoms with Gasteiger partial charge in [-0.2, -0.15) is 0 Å². The molecule has 0 saturated carbocycles. The quantitative estimate of drug-likeness (QED) is 0.601. The van der Waals surface area contributed by atoms with Gasteiger partial charge in [-0.15, -0.1) is 0 Å². The number of anilines is 2. The number of ether oxygens (including phenoxy) is 1. The average Bonchev–Trinajstić information content (AvgIpc) is 2.75. The van der Waals surface area contributed by atoms with Gasteiger partial charge in [0, 0.05) is 11.8 Å². The van der Waals surface area contributed by atoms with Gasteiger partial charge in [-0.1, -0.05) is 30.3 Å². The van der Waals surface area contributed by atoms with Crippen LogP contribution in [0.15, 0.2) is 72.8 Å². The fourth-order valence-corrected chi connectivity index (χ4v) is 3.05. The topological polar surface area (TPSA) is 104 Å². The summed E-state index contributed by atoms with van der Waals surface area (Å²) in [7, 11) is 0. The molecule has 30 heavy (non-hydrogen) atoms. The fourth-order valence-electron chi connectivity index (χ4n) is 3.05. The first kappa shape index (κ1) is 20.6. The first-order chi connectivity index (χ1) is 14.4. The number of aromatic carboxylic acids is 2. The molecule has 0 radical (unpaired) electrons. The Morgan fingerprint density at radius 3 is 2.00 bits per heavy atom. The summed E-state index contributed by atoms with van der Waals surface area (Å²) < 4.78 is 5.49. The Morgan fingerprint density at radius 1 is 0.800 bits per heavy atom. The second-order valence-electron chi connectivity index (χ2n) is 6.24. The lowest BCUT2D eigenvalue weighted by molar-refractivity contribution is 0.0683. The molecular weight excluding hydrogens is 386 g/mol. The summed E-state index contributed by atoms with van der Waals surface area (Å²) in [6, 6.07) is 18.6. The molecule has 0 aromatic heterocycles. The zero-order valence-electron chi connectivity index (χ0n) is 16.1. The molecule has 0 unspecified atom stereocenters. The Hall–Kier alpha value is -4.13. The van der Waals surface area contributed by atoms with Crippen molar-refractivity contribution in [3.63, 3.8) is 0 Å². The third-order valence-electron chi connectivity index (χ3n) is 4.36. The minimum Gasteiger partial charge on any atom is -0.494 e. The number of nitrogens with zero attached hydrogens (tertiary/aromatic N) is 1. The van der Waals surface area contributed by atoms with E-state index in [0.717, 1.165) is 0 Å². The fraction of sp³-hybridized carbons (Fsp3) is 0.0870. The number of hydrogen-bond donors (Lipinski definition) is 2. The smallest absolute Gasteiger partial charge is 0.337 e. The maximum Gasteiger partial charge on any atom is 0.337 e. The van der Waals surface area contributed by atoms with Gasteiger partial charge in [0.2, 0.25) is 0 Å². The van der Waals surface area contributed by atoms with Crippen molar-refractivity contribution in [1.82, 2.24) is 0 Å². The summed E-state index contributed by atoms with van der Waals surface area (Å²) in [5.74, 6) is -2.77. The number of benzene rings is 3. The molecule has 152 valence electrons. The van der Waals surface area contributed by atoms with Crippen LogP contribution in [0.25, 0.3) is 0 Å². The van der Waals surface area contributed by atoms with E-state index in [1.165, 1.54) is 41.3 Å². The molecule has 0 aliphatic carbocycles. The molecule has 0 spiro atoms. The van der Waals surface area contributed by atoms with Crippen LogP contribution in [0.2, 0.25) is 0 Å². The normalized spacial score (nSPS) is 10.3. The van der Waals surface area contributed by atoms with Crippen LogP contribution in [0.4, 0.5) is 11.4 Å². The lowest BCUT2D eigenvalue weighted by Gasteiger charge is -2.25. The van der Waals surface area contributed by atoms with Crippen LogP contribution in [0.1, 0.15) is 38.0 Å². The number of carboxylic acids is 2. The number of carbonyl (C=O) groups is 3. The van der Waals surface area contributed by atoms with Crippen molar-refractivity contribution in [2.75, 3.05) is 11.5 Å². The molecule has 1 amide bonds. The number of para-hydroxylation sites is 1. The van der Waals surface area contributed by atoms with Crippen LogP contribution in [0.3, 0.4) is 0 Å². The average molecular weight is 405 g/mol. The molecule has 7 nitrogen and oxygen atoms in total. The van der Waals surface area contributed by atoms with E-state index in [4.69, 9.17) is 4.74 Å². The first-order valence-corrected chi connectivity index (χ1v) is 9.16. The van der Waals surface area contributed by atoms with E-state index in [1.54, 1.807) is 43.3 Å². The monoisotopic (exact) mass is 405 g/mol. The Morgan fingerprint density at radius 2 is 1.40 bits per heavy atom. The predicted molar refractivity (Wildman–Crippen MR) is 111 cm³/mol. The zero-order chi connectivity index (χ0) is 21.7. The zero-order valence-corrected chi connectivity index (χ0v) is 16.1. The summed E-state index contributed by atoms with van der Waals surface area (Å²) in [4.78, 5) is 38.3. The number of rotatable bonds is 7. The highest BCUT2D eigenvalue weighted by atomic mass is 16.5. The highest BCUT2D eigenvalue weighted by Gasteiger charge is 2.28. The lowest BCUT2D eigenvalue weighted by Crippen LogP contribution is -2.29. The number of carboxylic acid groups (broad SMARTS) is 2. The highest BCUT2D eigenvalue weighted by molar-refractivity contribution is 6.17. The van der Waals surface area contributed by atoms with E-state index in [-0.39, 0.29) is 22.4 Å². The third-order valence-corrected chi connectivity index (χ3v) is 4.36. The molecule has 7 heteroatoms. The molecule has 2 N–H and O–H groups in total. The molecule has 0 aliphatic heterocycles. The van der Waals surface area contributed by atoms with Gasteiger partial charge >= 0.3 is 11.9 Å². The van der Waals surface area contributed by atoms with E-state index < -0.39 is 17.8 Å². The van der Waals surface area contributed by atoms with Gasteiger partial charge < -0.3 is 14.9 Å². The highest BCUT2D eigenvalue weighted by Crippen LogP contribution is 2.34. The van der Waals surface area contributed by atoms with E-state index in [0.29, 0.717) is 18.0 Å². The van der Waals surface area contributed by atoms with Gasteiger partial charge in [-0.3, -0.25) is 9.69 Å². The molecule has 0 heterocycles. The maximum atomic E-state index is 13.5.